The Morgan fingerprint density at radius 3 is 2.61 bits per heavy atom. The predicted molar refractivity (Wildman–Crippen MR) is 156 cm³/mol. The number of hydrogen-bond acceptors (Lipinski definition) is 13. The number of anilines is 1. The van der Waals surface area contributed by atoms with Crippen molar-refractivity contribution in [3.8, 4) is 5.75 Å². The first-order chi connectivity index (χ1) is 20.9. The number of phosphoric ester groups is 1. The Labute approximate surface area is 257 Å². The minimum Gasteiger partial charge on any atom is -0.465 e. The number of phosphoric acid groups is 1. The number of hydrogen-bond donors (Lipinski definition) is 4. The molecule has 16 nitrogen and oxygen atoms in total. The van der Waals surface area contributed by atoms with E-state index in [1.165, 1.54) is 18.5 Å². The van der Waals surface area contributed by atoms with Crippen LogP contribution in [0, 0.1) is 11.8 Å². The van der Waals surface area contributed by atoms with Crippen LogP contribution in [0.4, 0.5) is 5.82 Å². The monoisotopic (exact) mass is 674 g/mol. The van der Waals surface area contributed by atoms with Gasteiger partial charge in [-0.3, -0.25) is 9.32 Å². The largest absolute Gasteiger partial charge is 0.481 e. The maximum atomic E-state index is 13.9. The zero-order chi connectivity index (χ0) is 31.8. The van der Waals surface area contributed by atoms with Crippen LogP contribution in [0.3, 0.4) is 0 Å². The van der Waals surface area contributed by atoms with Gasteiger partial charge in [0.2, 0.25) is 5.28 Å². The van der Waals surface area contributed by atoms with Gasteiger partial charge in [0.15, 0.2) is 11.5 Å². The molecule has 1 aliphatic carbocycles. The van der Waals surface area contributed by atoms with Crippen LogP contribution in [0.25, 0.3) is 11.2 Å². The van der Waals surface area contributed by atoms with Crippen molar-refractivity contribution in [3.63, 3.8) is 0 Å². The summed E-state index contributed by atoms with van der Waals surface area (Å²) in [5.41, 5.74) is 6.60. The number of rotatable bonds is 14. The highest BCUT2D eigenvalue weighted by Gasteiger charge is 2.65. The van der Waals surface area contributed by atoms with E-state index in [4.69, 9.17) is 40.2 Å². The van der Waals surface area contributed by atoms with E-state index in [1.54, 1.807) is 43.5 Å². The number of aliphatic hydroxyl groups excluding tert-OH is 1. The molecule has 1 saturated heterocycles. The van der Waals surface area contributed by atoms with Gasteiger partial charge in [0.25, 0.3) is 0 Å². The molecule has 0 radical (unpaired) electrons. The second-order valence-electron chi connectivity index (χ2n) is 10.4. The topological polar surface area (TPSA) is 219 Å². The summed E-state index contributed by atoms with van der Waals surface area (Å²) in [7, 11) is -9.89. The van der Waals surface area contributed by atoms with Gasteiger partial charge >= 0.3 is 21.5 Å². The van der Waals surface area contributed by atoms with Crippen molar-refractivity contribution >= 4 is 50.1 Å². The second-order valence-corrected chi connectivity index (χ2v) is 14.0. The molecule has 0 amide bonds. The normalized spacial score (nSPS) is 26.7. The Morgan fingerprint density at radius 2 is 1.98 bits per heavy atom. The molecule has 2 aromatic heterocycles. The summed E-state index contributed by atoms with van der Waals surface area (Å²) in [5, 5.41) is 13.3. The summed E-state index contributed by atoms with van der Waals surface area (Å²) >= 11 is 5.95. The summed E-state index contributed by atoms with van der Waals surface area (Å²) in [6, 6.07) is 6.22. The Bertz CT molecular complexity index is 1600. The van der Waals surface area contributed by atoms with Crippen LogP contribution in [0.2, 0.25) is 5.28 Å². The van der Waals surface area contributed by atoms with Crippen LogP contribution in [0.5, 0.6) is 5.75 Å². The summed E-state index contributed by atoms with van der Waals surface area (Å²) in [6.45, 7) is 4.59. The third kappa shape index (κ3) is 6.94. The first-order valence-corrected chi connectivity index (χ1v) is 17.2. The number of nitrogens with two attached hydrogens (primary N) is 1. The highest BCUT2D eigenvalue weighted by Crippen LogP contribution is 2.62. The fourth-order valence-corrected chi connectivity index (χ4v) is 8.32. The van der Waals surface area contributed by atoms with Gasteiger partial charge in [0.05, 0.1) is 37.8 Å². The van der Waals surface area contributed by atoms with Crippen LogP contribution in [-0.2, 0) is 32.2 Å². The lowest BCUT2D eigenvalue weighted by Crippen LogP contribution is -2.42. The molecule has 44 heavy (non-hydrogen) atoms. The number of benzene rings is 1. The fraction of sp³-hybridized carbons (Fsp3) is 0.520. The van der Waals surface area contributed by atoms with Crippen LogP contribution in [0.15, 0.2) is 36.7 Å². The van der Waals surface area contributed by atoms with Crippen molar-refractivity contribution in [3.05, 3.63) is 41.9 Å². The standard InChI is InChI=1S/C25H33ClN6O10P2/c1-4-13(3)17(24(34)38-5-2)31-43(35,41-14-9-7-6-8-10-14)42-44(36,37)39-11-15-20(33)16-19(21(16)40-15)32-12-28-18-22(27)29-25(26)30-23(18)32/h6-10,12-13,15-17,19-21,33H,4-5,11H2,1-3H3,(H,31,35)(H,36,37)(H2,27,29,30). The maximum Gasteiger partial charge on any atom is 0.481 e. The van der Waals surface area contributed by atoms with E-state index in [-0.39, 0.29) is 29.5 Å². The van der Waals surface area contributed by atoms with Crippen molar-refractivity contribution in [2.24, 2.45) is 11.8 Å². The molecule has 5 rings (SSSR count). The number of para-hydroxylation sites is 1. The number of carbonyl (C=O) groups is 1. The Morgan fingerprint density at radius 1 is 1.25 bits per heavy atom. The molecule has 1 aromatic carbocycles. The Hall–Kier alpha value is -2.65. The first kappa shape index (κ1) is 32.7. The molecular weight excluding hydrogens is 642 g/mol. The Balaban J connectivity index is 1.26. The SMILES string of the molecule is CCOC(=O)C(NP(=O)(Oc1ccccc1)OP(=O)(O)OCC1OC2C(C1O)C2n1cnc2c(N)nc(Cl)nc21)C(C)CC. The first-order valence-electron chi connectivity index (χ1n) is 13.8. The summed E-state index contributed by atoms with van der Waals surface area (Å²) in [6.07, 6.45) is -0.649. The molecule has 0 bridgehead atoms. The van der Waals surface area contributed by atoms with Crippen molar-refractivity contribution in [1.82, 2.24) is 24.6 Å². The minimum atomic E-state index is -5.14. The molecule has 0 spiro atoms. The number of nitrogen functional groups attached to an aromatic ring is 1. The molecule has 9 atom stereocenters. The molecule has 1 saturated carbocycles. The molecule has 3 heterocycles. The lowest BCUT2D eigenvalue weighted by molar-refractivity contribution is -0.146. The van der Waals surface area contributed by atoms with E-state index in [1.807, 2.05) is 0 Å². The van der Waals surface area contributed by atoms with E-state index in [0.717, 1.165) is 0 Å². The van der Waals surface area contributed by atoms with Gasteiger partial charge < -0.3 is 34.3 Å². The molecule has 9 unspecified atom stereocenters. The third-order valence-corrected chi connectivity index (χ3v) is 10.8. The molecule has 5 N–H and O–H groups in total. The highest BCUT2D eigenvalue weighted by molar-refractivity contribution is 7.63. The molecule has 3 aromatic rings. The smallest absolute Gasteiger partial charge is 0.465 e. The van der Waals surface area contributed by atoms with Gasteiger partial charge in [-0.15, -0.1) is 0 Å². The number of esters is 1. The number of halogens is 1. The Kier molecular flexibility index (Phi) is 9.66. The number of aromatic nitrogens is 4. The highest BCUT2D eigenvalue weighted by atomic mass is 35.5. The van der Waals surface area contributed by atoms with Gasteiger partial charge in [-0.25, -0.2) is 14.1 Å². The minimum absolute atomic E-state index is 0.0381. The number of aliphatic hydroxyl groups is 1. The van der Waals surface area contributed by atoms with Crippen molar-refractivity contribution in [1.29, 1.82) is 0 Å². The average Bonchev–Trinajstić information content (AvgIpc) is 3.33. The van der Waals surface area contributed by atoms with Crippen LogP contribution in [0.1, 0.15) is 33.2 Å². The van der Waals surface area contributed by atoms with Gasteiger partial charge in [0.1, 0.15) is 23.4 Å². The quantitative estimate of drug-likeness (QED) is 0.110. The van der Waals surface area contributed by atoms with E-state index in [0.29, 0.717) is 17.6 Å². The zero-order valence-corrected chi connectivity index (χ0v) is 26.5. The molecule has 1 aliphatic heterocycles. The van der Waals surface area contributed by atoms with Crippen LogP contribution >= 0.6 is 27.2 Å². The third-order valence-electron chi connectivity index (χ3n) is 7.45. The maximum absolute atomic E-state index is 13.9. The zero-order valence-electron chi connectivity index (χ0n) is 23.9. The summed E-state index contributed by atoms with van der Waals surface area (Å²) < 4.78 is 55.3. The van der Waals surface area contributed by atoms with E-state index in [2.05, 4.69) is 20.0 Å². The molecule has 2 fully saturated rings. The number of carbonyl (C=O) groups excluding carboxylic acids is 1. The second kappa shape index (κ2) is 13.0. The van der Waals surface area contributed by atoms with Gasteiger partial charge in [0, 0.05) is 5.92 Å². The van der Waals surface area contributed by atoms with Crippen molar-refractivity contribution in [2.75, 3.05) is 18.9 Å². The van der Waals surface area contributed by atoms with Crippen LogP contribution in [-0.4, -0.2) is 73.1 Å². The number of imidazole rings is 1. The van der Waals surface area contributed by atoms with Gasteiger partial charge in [-0.05, 0) is 36.6 Å². The average molecular weight is 675 g/mol. The summed E-state index contributed by atoms with van der Waals surface area (Å²) in [4.78, 5) is 35.5. The van der Waals surface area contributed by atoms with E-state index >= 15 is 0 Å². The lowest BCUT2D eigenvalue weighted by atomic mass is 10.0. The molecule has 240 valence electrons. The van der Waals surface area contributed by atoms with Gasteiger partial charge in [-0.2, -0.15) is 19.4 Å². The number of fused-ring (bicyclic) bond motifs is 2. The predicted octanol–water partition coefficient (Wildman–Crippen LogP) is 3.25. The molecular formula is C25H33ClN6O10P2. The lowest BCUT2D eigenvalue weighted by Gasteiger charge is -2.28. The summed E-state index contributed by atoms with van der Waals surface area (Å²) in [5.74, 6) is -1.43. The van der Waals surface area contributed by atoms with E-state index in [9.17, 15) is 23.9 Å². The molecule has 19 heteroatoms. The van der Waals surface area contributed by atoms with Crippen molar-refractivity contribution < 1.29 is 46.8 Å². The number of nitrogens with zero attached hydrogens (tertiary/aromatic N) is 4. The van der Waals surface area contributed by atoms with E-state index < -0.39 is 64.3 Å². The fourth-order valence-electron chi connectivity index (χ4n) is 5.06. The number of nitrogens with one attached hydrogen (secondary N) is 1. The van der Waals surface area contributed by atoms with Crippen LogP contribution < -0.4 is 15.3 Å². The number of ether oxygens (including phenoxy) is 2. The van der Waals surface area contributed by atoms with Crippen molar-refractivity contribution in [2.45, 2.75) is 57.6 Å². The molecule has 2 aliphatic rings. The van der Waals surface area contributed by atoms with Gasteiger partial charge in [-0.1, -0.05) is 38.5 Å².